The van der Waals surface area contributed by atoms with Gasteiger partial charge in [0.25, 0.3) is 0 Å². The Morgan fingerprint density at radius 3 is 2.50 bits per heavy atom. The Hall–Kier alpha value is -0.610. The van der Waals surface area contributed by atoms with E-state index < -0.39 is 0 Å². The molecule has 4 nitrogen and oxygen atoms in total. The minimum Gasteiger partial charge on any atom is -0.375 e. The molecule has 0 fully saturated rings. The fraction of sp³-hybridized carbons (Fsp3) is 0.900. The van der Waals surface area contributed by atoms with E-state index in [9.17, 15) is 4.79 Å². The molecular weight excluding hydrogens is 180 g/mol. The number of hydrogen-bond donors (Lipinski definition) is 2. The van der Waals surface area contributed by atoms with Crippen LogP contribution in [0.2, 0.25) is 0 Å². The van der Waals surface area contributed by atoms with Crippen molar-refractivity contribution >= 4 is 5.91 Å². The zero-order valence-electron chi connectivity index (χ0n) is 9.59. The standard InChI is InChI=1S/C10H22N2O2/c1-10(2,3)5-8(11)6-12-9(13)7-14-4/h8H,5-7,11H2,1-4H3,(H,12,13). The van der Waals surface area contributed by atoms with Gasteiger partial charge in [0.15, 0.2) is 0 Å². The van der Waals surface area contributed by atoms with Crippen LogP contribution in [0.1, 0.15) is 27.2 Å². The molecule has 1 atom stereocenters. The smallest absolute Gasteiger partial charge is 0.246 e. The molecule has 0 aromatic rings. The van der Waals surface area contributed by atoms with E-state index in [0.29, 0.717) is 6.54 Å². The summed E-state index contributed by atoms with van der Waals surface area (Å²) >= 11 is 0. The molecule has 0 rings (SSSR count). The Morgan fingerprint density at radius 1 is 1.50 bits per heavy atom. The van der Waals surface area contributed by atoms with Crippen LogP contribution in [0.15, 0.2) is 0 Å². The van der Waals surface area contributed by atoms with E-state index in [-0.39, 0.29) is 24.0 Å². The number of nitrogens with two attached hydrogens (primary N) is 1. The Bertz CT molecular complexity index is 175. The first-order valence-corrected chi connectivity index (χ1v) is 4.86. The highest BCUT2D eigenvalue weighted by atomic mass is 16.5. The van der Waals surface area contributed by atoms with Crippen molar-refractivity contribution in [3.63, 3.8) is 0 Å². The predicted octanol–water partition coefficient (Wildman–Crippen LogP) is 0.513. The first-order chi connectivity index (χ1) is 6.35. The molecule has 0 aliphatic heterocycles. The SMILES string of the molecule is COCC(=O)NCC(N)CC(C)(C)C. The Morgan fingerprint density at radius 2 is 2.07 bits per heavy atom. The molecule has 4 heteroatoms. The minimum absolute atomic E-state index is 0.0100. The van der Waals surface area contributed by atoms with E-state index in [0.717, 1.165) is 6.42 Å². The van der Waals surface area contributed by atoms with E-state index in [4.69, 9.17) is 5.73 Å². The first-order valence-electron chi connectivity index (χ1n) is 4.86. The summed E-state index contributed by atoms with van der Waals surface area (Å²) < 4.78 is 4.68. The number of rotatable bonds is 5. The monoisotopic (exact) mass is 202 g/mol. The molecule has 1 unspecified atom stereocenters. The van der Waals surface area contributed by atoms with Crippen LogP contribution in [0.3, 0.4) is 0 Å². The number of carbonyl (C=O) groups excluding carboxylic acids is 1. The lowest BCUT2D eigenvalue weighted by Crippen LogP contribution is -2.40. The molecule has 0 radical (unpaired) electrons. The van der Waals surface area contributed by atoms with Gasteiger partial charge in [-0.1, -0.05) is 20.8 Å². The zero-order chi connectivity index (χ0) is 11.2. The molecule has 0 aromatic heterocycles. The lowest BCUT2D eigenvalue weighted by Gasteiger charge is -2.23. The summed E-state index contributed by atoms with van der Waals surface area (Å²) in [6.07, 6.45) is 0.889. The Balaban J connectivity index is 3.63. The summed E-state index contributed by atoms with van der Waals surface area (Å²) in [5.41, 5.74) is 6.05. The second-order valence-corrected chi connectivity index (χ2v) is 4.76. The van der Waals surface area contributed by atoms with Crippen molar-refractivity contribution in [2.75, 3.05) is 20.3 Å². The zero-order valence-corrected chi connectivity index (χ0v) is 9.59. The van der Waals surface area contributed by atoms with Crippen molar-refractivity contribution in [3.05, 3.63) is 0 Å². The number of hydrogen-bond acceptors (Lipinski definition) is 3. The van der Waals surface area contributed by atoms with Crippen LogP contribution >= 0.6 is 0 Å². The third-order valence-electron chi connectivity index (χ3n) is 1.71. The molecular formula is C10H22N2O2. The van der Waals surface area contributed by atoms with E-state index in [1.165, 1.54) is 7.11 Å². The van der Waals surface area contributed by atoms with Gasteiger partial charge in [-0.05, 0) is 11.8 Å². The lowest BCUT2D eigenvalue weighted by atomic mass is 9.88. The summed E-state index contributed by atoms with van der Waals surface area (Å²) in [4.78, 5) is 11.0. The third-order valence-corrected chi connectivity index (χ3v) is 1.71. The molecule has 0 spiro atoms. The molecule has 3 N–H and O–H groups in total. The van der Waals surface area contributed by atoms with E-state index in [1.54, 1.807) is 0 Å². The maximum absolute atomic E-state index is 11.0. The second kappa shape index (κ2) is 5.98. The van der Waals surface area contributed by atoms with Gasteiger partial charge in [-0.2, -0.15) is 0 Å². The fourth-order valence-electron chi connectivity index (χ4n) is 1.29. The number of nitrogens with one attached hydrogen (secondary N) is 1. The highest BCUT2D eigenvalue weighted by Crippen LogP contribution is 2.19. The lowest BCUT2D eigenvalue weighted by molar-refractivity contribution is -0.124. The van der Waals surface area contributed by atoms with Crippen molar-refractivity contribution in [2.45, 2.75) is 33.2 Å². The van der Waals surface area contributed by atoms with Crippen LogP contribution in [0, 0.1) is 5.41 Å². The van der Waals surface area contributed by atoms with Crippen LogP contribution < -0.4 is 11.1 Å². The number of methoxy groups -OCH3 is 1. The molecule has 1 amide bonds. The molecule has 14 heavy (non-hydrogen) atoms. The highest BCUT2D eigenvalue weighted by Gasteiger charge is 2.15. The van der Waals surface area contributed by atoms with Gasteiger partial charge in [-0.3, -0.25) is 4.79 Å². The van der Waals surface area contributed by atoms with Crippen molar-refractivity contribution in [1.82, 2.24) is 5.32 Å². The van der Waals surface area contributed by atoms with E-state index >= 15 is 0 Å². The van der Waals surface area contributed by atoms with E-state index in [2.05, 4.69) is 30.8 Å². The van der Waals surface area contributed by atoms with Gasteiger partial charge in [0.1, 0.15) is 6.61 Å². The van der Waals surface area contributed by atoms with Crippen molar-refractivity contribution in [1.29, 1.82) is 0 Å². The summed E-state index contributed by atoms with van der Waals surface area (Å²) in [7, 11) is 1.49. The van der Waals surface area contributed by atoms with Gasteiger partial charge in [0.2, 0.25) is 5.91 Å². The molecule has 0 heterocycles. The van der Waals surface area contributed by atoms with Crippen molar-refractivity contribution in [2.24, 2.45) is 11.1 Å². The average molecular weight is 202 g/mol. The number of ether oxygens (including phenoxy) is 1. The Kier molecular flexibility index (Phi) is 5.72. The molecule has 84 valence electrons. The van der Waals surface area contributed by atoms with E-state index in [1.807, 2.05) is 0 Å². The molecule has 0 bridgehead atoms. The first kappa shape index (κ1) is 13.4. The average Bonchev–Trinajstić information content (AvgIpc) is 1.98. The van der Waals surface area contributed by atoms with Gasteiger partial charge >= 0.3 is 0 Å². The van der Waals surface area contributed by atoms with Crippen molar-refractivity contribution in [3.8, 4) is 0 Å². The normalized spacial score (nSPS) is 13.8. The predicted molar refractivity (Wildman–Crippen MR) is 56.9 cm³/mol. The molecule has 0 aliphatic rings. The van der Waals surface area contributed by atoms with Crippen LogP contribution in [0.5, 0.6) is 0 Å². The second-order valence-electron chi connectivity index (χ2n) is 4.76. The fourth-order valence-corrected chi connectivity index (χ4v) is 1.29. The maximum atomic E-state index is 11.0. The van der Waals surface area contributed by atoms with Crippen LogP contribution in [-0.4, -0.2) is 32.2 Å². The third kappa shape index (κ3) is 8.01. The summed E-state index contributed by atoms with van der Waals surface area (Å²) in [6, 6.07) is 0.0100. The number of amides is 1. The van der Waals surface area contributed by atoms with Gasteiger partial charge in [0, 0.05) is 19.7 Å². The van der Waals surface area contributed by atoms with Gasteiger partial charge in [0.05, 0.1) is 0 Å². The quantitative estimate of drug-likeness (QED) is 0.683. The van der Waals surface area contributed by atoms with Gasteiger partial charge in [-0.25, -0.2) is 0 Å². The van der Waals surface area contributed by atoms with Gasteiger partial charge < -0.3 is 15.8 Å². The molecule has 0 aliphatic carbocycles. The van der Waals surface area contributed by atoms with Crippen LogP contribution in [0.25, 0.3) is 0 Å². The van der Waals surface area contributed by atoms with Crippen LogP contribution in [0.4, 0.5) is 0 Å². The largest absolute Gasteiger partial charge is 0.375 e. The Labute approximate surface area is 86.2 Å². The topological polar surface area (TPSA) is 64.3 Å². The van der Waals surface area contributed by atoms with Crippen LogP contribution in [-0.2, 0) is 9.53 Å². The summed E-state index contributed by atoms with van der Waals surface area (Å²) in [5, 5.41) is 2.72. The summed E-state index contributed by atoms with van der Waals surface area (Å²) in [5.74, 6) is -0.114. The number of carbonyl (C=O) groups is 1. The van der Waals surface area contributed by atoms with Gasteiger partial charge in [-0.15, -0.1) is 0 Å². The minimum atomic E-state index is -0.114. The molecule has 0 saturated heterocycles. The van der Waals surface area contributed by atoms with Crippen molar-refractivity contribution < 1.29 is 9.53 Å². The summed E-state index contributed by atoms with van der Waals surface area (Å²) in [6.45, 7) is 7.00. The maximum Gasteiger partial charge on any atom is 0.246 e. The molecule has 0 saturated carbocycles. The highest BCUT2D eigenvalue weighted by molar-refractivity contribution is 5.77. The molecule has 0 aromatic carbocycles.